The Morgan fingerprint density at radius 2 is 1.79 bits per heavy atom. The number of rotatable bonds is 7. The van der Waals surface area contributed by atoms with Gasteiger partial charge < -0.3 is 15.8 Å². The van der Waals surface area contributed by atoms with E-state index in [0.717, 1.165) is 11.8 Å². The van der Waals surface area contributed by atoms with Crippen LogP contribution in [0.5, 0.6) is 5.75 Å². The van der Waals surface area contributed by atoms with Gasteiger partial charge in [-0.15, -0.1) is 0 Å². The first-order chi connectivity index (χ1) is 15.8. The van der Waals surface area contributed by atoms with Gasteiger partial charge in [0.1, 0.15) is 12.4 Å². The predicted octanol–water partition coefficient (Wildman–Crippen LogP) is 4.71. The van der Waals surface area contributed by atoms with Crippen molar-refractivity contribution in [3.05, 3.63) is 95.9 Å². The molecule has 2 aromatic carbocycles. The maximum atomic E-state index is 13.2. The molecule has 0 atom stereocenters. The number of para-hydroxylation sites is 1. The van der Waals surface area contributed by atoms with Gasteiger partial charge in [-0.3, -0.25) is 4.79 Å². The van der Waals surface area contributed by atoms with Crippen LogP contribution in [-0.4, -0.2) is 20.7 Å². The van der Waals surface area contributed by atoms with E-state index in [1.165, 1.54) is 29.1 Å². The molecule has 0 bridgehead atoms. The van der Waals surface area contributed by atoms with Gasteiger partial charge in [-0.1, -0.05) is 36.4 Å². The Hall–Kier alpha value is -4.34. The highest BCUT2D eigenvalue weighted by Gasteiger charge is 2.33. The molecule has 1 amide bonds. The average molecular weight is 453 g/mol. The van der Waals surface area contributed by atoms with E-state index in [2.05, 4.69) is 15.4 Å². The summed E-state index contributed by atoms with van der Waals surface area (Å²) in [7, 11) is 0. The molecule has 10 heteroatoms. The van der Waals surface area contributed by atoms with Crippen molar-refractivity contribution in [1.82, 2.24) is 14.8 Å². The first-order valence-electron chi connectivity index (χ1n) is 9.77. The quantitative estimate of drug-likeness (QED) is 0.423. The lowest BCUT2D eigenvalue weighted by molar-refractivity contribution is -0.138. The SMILES string of the molecule is NC(=O)c1nn(-c2ccnc(Nc3ccccc3)c2)cc1OCc1ccccc1C(F)(F)F. The van der Waals surface area contributed by atoms with E-state index in [1.54, 1.807) is 18.3 Å². The van der Waals surface area contributed by atoms with Crippen LogP contribution < -0.4 is 15.8 Å². The van der Waals surface area contributed by atoms with Crippen molar-refractivity contribution in [2.75, 3.05) is 5.32 Å². The number of ether oxygens (including phenoxy) is 1. The Bertz CT molecular complexity index is 1270. The largest absolute Gasteiger partial charge is 0.485 e. The van der Waals surface area contributed by atoms with Crippen LogP contribution in [0.4, 0.5) is 24.7 Å². The number of amides is 1. The lowest BCUT2D eigenvalue weighted by Gasteiger charge is -2.13. The van der Waals surface area contributed by atoms with Gasteiger partial charge in [-0.05, 0) is 24.3 Å². The van der Waals surface area contributed by atoms with Gasteiger partial charge in [0, 0.05) is 23.5 Å². The molecule has 4 aromatic rings. The molecule has 0 fully saturated rings. The number of pyridine rings is 1. The van der Waals surface area contributed by atoms with Gasteiger partial charge in [0.15, 0.2) is 11.4 Å². The second kappa shape index (κ2) is 9.03. The van der Waals surface area contributed by atoms with E-state index in [-0.39, 0.29) is 17.0 Å². The predicted molar refractivity (Wildman–Crippen MR) is 115 cm³/mol. The maximum absolute atomic E-state index is 13.2. The summed E-state index contributed by atoms with van der Waals surface area (Å²) in [4.78, 5) is 16.1. The van der Waals surface area contributed by atoms with Gasteiger partial charge in [-0.25, -0.2) is 9.67 Å². The minimum absolute atomic E-state index is 0.0335. The van der Waals surface area contributed by atoms with Crippen LogP contribution >= 0.6 is 0 Å². The Labute approximate surface area is 186 Å². The standard InChI is InChI=1S/C23H18F3N5O2/c24-23(25,26)18-9-5-4-6-15(18)14-33-19-13-31(30-21(19)22(27)32)17-10-11-28-20(12-17)29-16-7-2-1-3-8-16/h1-13H,14H2,(H2,27,32)(H,28,29). The molecule has 0 spiro atoms. The summed E-state index contributed by atoms with van der Waals surface area (Å²) < 4.78 is 46.6. The molecule has 0 saturated carbocycles. The van der Waals surface area contributed by atoms with Crippen LogP contribution in [0.2, 0.25) is 0 Å². The van der Waals surface area contributed by atoms with E-state index in [1.807, 2.05) is 30.3 Å². The van der Waals surface area contributed by atoms with E-state index < -0.39 is 24.3 Å². The number of carbonyl (C=O) groups excluding carboxylic acids is 1. The number of hydrogen-bond donors (Lipinski definition) is 2. The van der Waals surface area contributed by atoms with Gasteiger partial charge in [0.05, 0.1) is 17.4 Å². The van der Waals surface area contributed by atoms with Gasteiger partial charge in [0.25, 0.3) is 5.91 Å². The lowest BCUT2D eigenvalue weighted by atomic mass is 10.1. The molecule has 0 aliphatic carbocycles. The second-order valence-electron chi connectivity index (χ2n) is 6.98. The second-order valence-corrected chi connectivity index (χ2v) is 6.98. The normalized spacial score (nSPS) is 11.2. The van der Waals surface area contributed by atoms with Crippen molar-refractivity contribution < 1.29 is 22.7 Å². The van der Waals surface area contributed by atoms with E-state index >= 15 is 0 Å². The average Bonchev–Trinajstić information content (AvgIpc) is 3.23. The van der Waals surface area contributed by atoms with Gasteiger partial charge in [0.2, 0.25) is 0 Å². The topological polar surface area (TPSA) is 95.1 Å². The van der Waals surface area contributed by atoms with Crippen LogP contribution in [0.3, 0.4) is 0 Å². The van der Waals surface area contributed by atoms with Crippen molar-refractivity contribution in [1.29, 1.82) is 0 Å². The number of aromatic nitrogens is 3. The monoisotopic (exact) mass is 453 g/mol. The van der Waals surface area contributed by atoms with Crippen LogP contribution in [-0.2, 0) is 12.8 Å². The number of nitrogens with one attached hydrogen (secondary N) is 1. The molecule has 4 rings (SSSR count). The highest BCUT2D eigenvalue weighted by atomic mass is 19.4. The third-order valence-electron chi connectivity index (χ3n) is 4.67. The molecule has 0 radical (unpaired) electrons. The number of nitrogens with zero attached hydrogens (tertiary/aromatic N) is 3. The summed E-state index contributed by atoms with van der Waals surface area (Å²) in [5.41, 5.74) is 5.68. The molecule has 168 valence electrons. The Kier molecular flexibility index (Phi) is 5.99. The smallest absolute Gasteiger partial charge is 0.416 e. The fourth-order valence-electron chi connectivity index (χ4n) is 3.14. The molecule has 2 aromatic heterocycles. The number of hydrogen-bond acceptors (Lipinski definition) is 5. The summed E-state index contributed by atoms with van der Waals surface area (Å²) in [6.45, 7) is -0.418. The minimum Gasteiger partial charge on any atom is -0.485 e. The summed E-state index contributed by atoms with van der Waals surface area (Å²) in [6, 6.07) is 17.8. The summed E-state index contributed by atoms with van der Waals surface area (Å²) >= 11 is 0. The van der Waals surface area contributed by atoms with Gasteiger partial charge in [-0.2, -0.15) is 18.3 Å². The number of alkyl halides is 3. The number of nitrogens with two attached hydrogens (primary N) is 1. The number of anilines is 2. The Balaban J connectivity index is 1.59. The minimum atomic E-state index is -4.53. The molecule has 0 aliphatic heterocycles. The highest BCUT2D eigenvalue weighted by molar-refractivity contribution is 5.93. The zero-order valence-electron chi connectivity index (χ0n) is 17.1. The Morgan fingerprint density at radius 3 is 2.52 bits per heavy atom. The van der Waals surface area contributed by atoms with Crippen molar-refractivity contribution in [2.24, 2.45) is 5.73 Å². The number of carbonyl (C=O) groups is 1. The van der Waals surface area contributed by atoms with E-state index in [0.29, 0.717) is 11.5 Å². The van der Waals surface area contributed by atoms with Crippen LogP contribution in [0, 0.1) is 0 Å². The number of halogens is 3. The Morgan fingerprint density at radius 1 is 1.06 bits per heavy atom. The first-order valence-corrected chi connectivity index (χ1v) is 9.77. The van der Waals surface area contributed by atoms with Crippen molar-refractivity contribution >= 4 is 17.4 Å². The summed E-state index contributed by atoms with van der Waals surface area (Å²) in [5, 5.41) is 7.29. The highest BCUT2D eigenvalue weighted by Crippen LogP contribution is 2.32. The van der Waals surface area contributed by atoms with Crippen molar-refractivity contribution in [3.63, 3.8) is 0 Å². The van der Waals surface area contributed by atoms with Gasteiger partial charge >= 0.3 is 6.18 Å². The zero-order chi connectivity index (χ0) is 23.4. The molecule has 3 N–H and O–H groups in total. The maximum Gasteiger partial charge on any atom is 0.416 e. The molecule has 7 nitrogen and oxygen atoms in total. The molecular weight excluding hydrogens is 435 g/mol. The molecule has 0 aliphatic rings. The summed E-state index contributed by atoms with van der Waals surface area (Å²) in [6.07, 6.45) is -1.60. The number of benzene rings is 2. The molecule has 2 heterocycles. The van der Waals surface area contributed by atoms with Crippen LogP contribution in [0.25, 0.3) is 5.69 Å². The van der Waals surface area contributed by atoms with E-state index in [4.69, 9.17) is 10.5 Å². The fraction of sp³-hybridized carbons (Fsp3) is 0.0870. The molecule has 33 heavy (non-hydrogen) atoms. The molecular formula is C23H18F3N5O2. The van der Waals surface area contributed by atoms with Crippen LogP contribution in [0.15, 0.2) is 79.1 Å². The third kappa shape index (κ3) is 5.12. The molecule has 0 unspecified atom stereocenters. The van der Waals surface area contributed by atoms with Crippen molar-refractivity contribution in [3.8, 4) is 11.4 Å². The van der Waals surface area contributed by atoms with Crippen LogP contribution in [0.1, 0.15) is 21.6 Å². The first kappa shape index (κ1) is 21.9. The molecule has 0 saturated heterocycles. The van der Waals surface area contributed by atoms with Crippen molar-refractivity contribution in [2.45, 2.75) is 12.8 Å². The van der Waals surface area contributed by atoms with E-state index in [9.17, 15) is 18.0 Å². The lowest BCUT2D eigenvalue weighted by Crippen LogP contribution is -2.14. The summed E-state index contributed by atoms with van der Waals surface area (Å²) in [5.74, 6) is -0.380. The number of primary amides is 1. The zero-order valence-corrected chi connectivity index (χ0v) is 17.1. The fourth-order valence-corrected chi connectivity index (χ4v) is 3.14. The third-order valence-corrected chi connectivity index (χ3v) is 4.67.